The third kappa shape index (κ3) is 5.53. The standard InChI is InChI=1S/C33H37F3N6O2/c1-4-29(43)37-16-22-7-6-10-41(17-22)18-23-11-26-27(28(12-23)33(34,35)36)19-42(30(26)44)25-9-5-8-24(13-25)32(14-21(2)15-32)31-39-38-20-40(31)3/h4-5,8-9,11-13,20-22H,1,6-7,10,14-19H2,2-3H3,(H,37,43)/t21?,22-,32?/m1/s1. The van der Waals surface area contributed by atoms with Gasteiger partial charge in [-0.3, -0.25) is 14.5 Å². The van der Waals surface area contributed by atoms with Gasteiger partial charge in [-0.2, -0.15) is 13.2 Å². The third-order valence-electron chi connectivity index (χ3n) is 9.41. The van der Waals surface area contributed by atoms with Crippen molar-refractivity contribution in [3.05, 3.63) is 89.0 Å². The van der Waals surface area contributed by atoms with E-state index in [2.05, 4.69) is 33.9 Å². The lowest BCUT2D eigenvalue weighted by atomic mass is 9.58. The van der Waals surface area contributed by atoms with Crippen LogP contribution in [0, 0.1) is 11.8 Å². The maximum atomic E-state index is 14.4. The third-order valence-corrected chi connectivity index (χ3v) is 9.41. The maximum absolute atomic E-state index is 14.4. The molecule has 1 aromatic heterocycles. The average Bonchev–Trinajstić information content (AvgIpc) is 3.56. The van der Waals surface area contributed by atoms with E-state index in [9.17, 15) is 22.8 Å². The Labute approximate surface area is 254 Å². The number of aryl methyl sites for hydroxylation is 1. The minimum absolute atomic E-state index is 0.0144. The first-order valence-electron chi connectivity index (χ1n) is 15.1. The van der Waals surface area contributed by atoms with Crippen molar-refractivity contribution in [2.24, 2.45) is 18.9 Å². The average molecular weight is 607 g/mol. The van der Waals surface area contributed by atoms with Crippen molar-refractivity contribution in [2.75, 3.05) is 24.5 Å². The summed E-state index contributed by atoms with van der Waals surface area (Å²) in [6.07, 6.45) is 1.84. The van der Waals surface area contributed by atoms with Gasteiger partial charge in [-0.25, -0.2) is 0 Å². The first kappa shape index (κ1) is 30.1. The fraction of sp³-hybridized carbons (Fsp3) is 0.455. The molecular formula is C33H37F3N6O2. The van der Waals surface area contributed by atoms with E-state index < -0.39 is 17.6 Å². The van der Waals surface area contributed by atoms with Gasteiger partial charge in [0, 0.05) is 37.9 Å². The number of aromatic nitrogens is 3. The van der Waals surface area contributed by atoms with Crippen molar-refractivity contribution in [3.63, 3.8) is 0 Å². The van der Waals surface area contributed by atoms with Gasteiger partial charge >= 0.3 is 6.18 Å². The molecule has 0 radical (unpaired) electrons. The Morgan fingerprint density at radius 3 is 2.70 bits per heavy atom. The zero-order chi connectivity index (χ0) is 31.2. The van der Waals surface area contributed by atoms with Crippen LogP contribution in [0.4, 0.5) is 18.9 Å². The molecule has 3 aromatic rings. The first-order chi connectivity index (χ1) is 21.0. The molecule has 2 aliphatic heterocycles. The van der Waals surface area contributed by atoms with Crippen molar-refractivity contribution in [1.29, 1.82) is 0 Å². The highest BCUT2D eigenvalue weighted by molar-refractivity contribution is 6.10. The maximum Gasteiger partial charge on any atom is 0.416 e. The van der Waals surface area contributed by atoms with Crippen LogP contribution in [0.25, 0.3) is 0 Å². The highest BCUT2D eigenvalue weighted by Gasteiger charge is 2.48. The summed E-state index contributed by atoms with van der Waals surface area (Å²) in [5.41, 5.74) is 1.01. The lowest BCUT2D eigenvalue weighted by Crippen LogP contribution is -2.43. The molecule has 1 aliphatic carbocycles. The van der Waals surface area contributed by atoms with E-state index in [1.54, 1.807) is 18.5 Å². The number of anilines is 1. The van der Waals surface area contributed by atoms with Gasteiger partial charge in [-0.05, 0) is 91.1 Å². The highest BCUT2D eigenvalue weighted by atomic mass is 19.4. The van der Waals surface area contributed by atoms with E-state index in [1.165, 1.54) is 17.0 Å². The molecule has 1 atom stereocenters. The van der Waals surface area contributed by atoms with Gasteiger partial charge in [0.25, 0.3) is 5.91 Å². The normalized spacial score (nSPS) is 23.8. The Kier molecular flexibility index (Phi) is 7.85. The molecule has 11 heteroatoms. The summed E-state index contributed by atoms with van der Waals surface area (Å²) in [5.74, 6) is 0.854. The molecule has 2 fully saturated rings. The topological polar surface area (TPSA) is 83.4 Å². The molecule has 8 nitrogen and oxygen atoms in total. The molecule has 0 bridgehead atoms. The lowest BCUT2D eigenvalue weighted by molar-refractivity contribution is -0.138. The summed E-state index contributed by atoms with van der Waals surface area (Å²) in [5, 5.41) is 11.3. The quantitative estimate of drug-likeness (QED) is 0.356. The molecule has 3 heterocycles. The van der Waals surface area contributed by atoms with Crippen molar-refractivity contribution in [3.8, 4) is 0 Å². The molecule has 0 unspecified atom stereocenters. The van der Waals surface area contributed by atoms with Crippen LogP contribution < -0.4 is 10.2 Å². The number of alkyl halides is 3. The van der Waals surface area contributed by atoms with Crippen molar-refractivity contribution < 1.29 is 22.8 Å². The zero-order valence-electron chi connectivity index (χ0n) is 25.0. The number of carbonyl (C=O) groups is 2. The van der Waals surface area contributed by atoms with Gasteiger partial charge in [0.05, 0.1) is 17.5 Å². The number of carbonyl (C=O) groups excluding carboxylic acids is 2. The molecule has 1 saturated heterocycles. The van der Waals surface area contributed by atoms with Crippen LogP contribution in [-0.4, -0.2) is 51.1 Å². The Morgan fingerprint density at radius 2 is 2.02 bits per heavy atom. The predicted octanol–water partition coefficient (Wildman–Crippen LogP) is 5.22. The van der Waals surface area contributed by atoms with Crippen LogP contribution in [0.3, 0.4) is 0 Å². The van der Waals surface area contributed by atoms with Gasteiger partial charge in [0.1, 0.15) is 12.2 Å². The molecule has 232 valence electrons. The fourth-order valence-electron chi connectivity index (χ4n) is 7.42. The number of amides is 2. The first-order valence-corrected chi connectivity index (χ1v) is 15.1. The summed E-state index contributed by atoms with van der Waals surface area (Å²) in [4.78, 5) is 29.0. The largest absolute Gasteiger partial charge is 0.416 e. The summed E-state index contributed by atoms with van der Waals surface area (Å²) in [6.45, 7) is 7.68. The number of halogens is 3. The summed E-state index contributed by atoms with van der Waals surface area (Å²) < 4.78 is 45.2. The number of hydrogen-bond donors (Lipinski definition) is 1. The number of hydrogen-bond acceptors (Lipinski definition) is 5. The van der Waals surface area contributed by atoms with E-state index in [4.69, 9.17) is 0 Å². The van der Waals surface area contributed by atoms with Gasteiger partial charge in [-0.15, -0.1) is 10.2 Å². The monoisotopic (exact) mass is 606 g/mol. The molecule has 44 heavy (non-hydrogen) atoms. The second-order valence-corrected chi connectivity index (χ2v) is 12.7. The van der Waals surface area contributed by atoms with Crippen LogP contribution in [0.1, 0.15) is 71.0 Å². The lowest BCUT2D eigenvalue weighted by Gasteiger charge is -2.46. The number of piperidine rings is 1. The SMILES string of the molecule is C=CC(=O)NC[C@H]1CCCN(Cc2cc3c(c(C(F)(F)F)c2)CN(c2cccc(C4(c5nncn5C)CC(C)C4)c2)C3=O)C1. The number of rotatable bonds is 8. The molecule has 1 saturated carbocycles. The van der Waals surface area contributed by atoms with Crippen LogP contribution in [0.15, 0.2) is 55.4 Å². The molecule has 0 spiro atoms. The number of benzene rings is 2. The molecule has 6 rings (SSSR count). The van der Waals surface area contributed by atoms with Crippen LogP contribution in [0.5, 0.6) is 0 Å². The Morgan fingerprint density at radius 1 is 1.23 bits per heavy atom. The molecule has 2 aromatic carbocycles. The Balaban J connectivity index is 1.27. The second kappa shape index (κ2) is 11.5. The van der Waals surface area contributed by atoms with Crippen LogP contribution >= 0.6 is 0 Å². The summed E-state index contributed by atoms with van der Waals surface area (Å²) >= 11 is 0. The second-order valence-electron chi connectivity index (χ2n) is 12.7. The van der Waals surface area contributed by atoms with Crippen LogP contribution in [0.2, 0.25) is 0 Å². The van der Waals surface area contributed by atoms with Crippen molar-refractivity contribution >= 4 is 17.5 Å². The van der Waals surface area contributed by atoms with E-state index >= 15 is 0 Å². The Bertz CT molecular complexity index is 1590. The summed E-state index contributed by atoms with van der Waals surface area (Å²) in [6, 6.07) is 10.4. The number of fused-ring (bicyclic) bond motifs is 1. The van der Waals surface area contributed by atoms with Gasteiger partial charge < -0.3 is 14.8 Å². The number of likely N-dealkylation sites (tertiary alicyclic amines) is 1. The highest BCUT2D eigenvalue weighted by Crippen LogP contribution is 2.52. The van der Waals surface area contributed by atoms with Gasteiger partial charge in [-0.1, -0.05) is 25.6 Å². The van der Waals surface area contributed by atoms with Crippen molar-refractivity contribution in [2.45, 2.75) is 57.3 Å². The Hall–Kier alpha value is -3.99. The smallest absolute Gasteiger partial charge is 0.352 e. The predicted molar refractivity (Wildman–Crippen MR) is 160 cm³/mol. The minimum atomic E-state index is -4.60. The minimum Gasteiger partial charge on any atom is -0.352 e. The zero-order valence-corrected chi connectivity index (χ0v) is 25.0. The van der Waals surface area contributed by atoms with Crippen LogP contribution in [-0.2, 0) is 36.5 Å². The molecule has 2 amide bonds. The van der Waals surface area contributed by atoms with Gasteiger partial charge in [0.2, 0.25) is 5.91 Å². The molecule has 3 aliphatic rings. The van der Waals surface area contributed by atoms with E-state index in [0.717, 1.165) is 43.6 Å². The van der Waals surface area contributed by atoms with E-state index in [-0.39, 0.29) is 34.9 Å². The fourth-order valence-corrected chi connectivity index (χ4v) is 7.42. The number of nitrogens with zero attached hydrogens (tertiary/aromatic N) is 5. The molecular weight excluding hydrogens is 569 g/mol. The van der Waals surface area contributed by atoms with E-state index in [0.29, 0.717) is 36.8 Å². The van der Waals surface area contributed by atoms with Gasteiger partial charge in [0.15, 0.2) is 0 Å². The molecule has 1 N–H and O–H groups in total. The van der Waals surface area contributed by atoms with Crippen molar-refractivity contribution in [1.82, 2.24) is 25.0 Å². The number of nitrogens with one attached hydrogen (secondary N) is 1. The summed E-state index contributed by atoms with van der Waals surface area (Å²) in [7, 11) is 1.91. The van der Waals surface area contributed by atoms with E-state index in [1.807, 2.05) is 29.8 Å².